The van der Waals surface area contributed by atoms with Gasteiger partial charge >= 0.3 is 0 Å². The topological polar surface area (TPSA) is 44.7 Å². The summed E-state index contributed by atoms with van der Waals surface area (Å²) in [6, 6.07) is 0.401. The third kappa shape index (κ3) is 6.96. The number of hydrazone groups is 1. The average molecular weight is 386 g/mol. The Morgan fingerprint density at radius 1 is 1.39 bits per heavy atom. The van der Waals surface area contributed by atoms with Crippen molar-refractivity contribution in [1.29, 1.82) is 0 Å². The molecule has 1 aliphatic heterocycles. The molecule has 1 aliphatic carbocycles. The summed E-state index contributed by atoms with van der Waals surface area (Å²) >= 11 is 0. The summed E-state index contributed by atoms with van der Waals surface area (Å²) in [6.45, 7) is 11.6. The van der Waals surface area contributed by atoms with E-state index >= 15 is 0 Å². The molecule has 0 saturated heterocycles. The van der Waals surface area contributed by atoms with Crippen molar-refractivity contribution < 1.29 is 4.79 Å². The molecule has 4 nitrogen and oxygen atoms in total. The highest BCUT2D eigenvalue weighted by atomic mass is 16.2. The molecule has 2 rings (SSSR count). The molecule has 1 amide bonds. The van der Waals surface area contributed by atoms with E-state index in [4.69, 9.17) is 0 Å². The lowest BCUT2D eigenvalue weighted by Crippen LogP contribution is -2.41. The molecule has 0 aromatic rings. The molecule has 2 atom stereocenters. The molecule has 2 aliphatic rings. The molecule has 0 aromatic carbocycles. The molecule has 1 heterocycles. The Bertz CT molecular complexity index is 617. The molecule has 156 valence electrons. The van der Waals surface area contributed by atoms with Crippen LogP contribution < -0.4 is 5.43 Å². The summed E-state index contributed by atoms with van der Waals surface area (Å²) < 4.78 is 0. The van der Waals surface area contributed by atoms with Crippen molar-refractivity contribution in [2.45, 2.75) is 91.0 Å². The number of amides is 1. The number of carbonyl (C=O) groups excluding carboxylic acids is 1. The zero-order chi connectivity index (χ0) is 20.4. The number of allylic oxidation sites excluding steroid dienone is 4. The van der Waals surface area contributed by atoms with Crippen molar-refractivity contribution >= 4 is 12.1 Å². The lowest BCUT2D eigenvalue weighted by Gasteiger charge is -2.35. The van der Waals surface area contributed by atoms with Crippen LogP contribution in [0.15, 0.2) is 40.7 Å². The maximum Gasteiger partial charge on any atom is 0.287 e. The summed E-state index contributed by atoms with van der Waals surface area (Å²) in [7, 11) is 0. The number of hydrogen-bond acceptors (Lipinski definition) is 3. The van der Waals surface area contributed by atoms with E-state index in [2.05, 4.69) is 54.9 Å². The smallest absolute Gasteiger partial charge is 0.287 e. The minimum absolute atomic E-state index is 0.0763. The van der Waals surface area contributed by atoms with Gasteiger partial charge in [0.1, 0.15) is 5.70 Å². The van der Waals surface area contributed by atoms with Crippen LogP contribution in [0.5, 0.6) is 0 Å². The van der Waals surface area contributed by atoms with Gasteiger partial charge in [-0.1, -0.05) is 56.9 Å². The van der Waals surface area contributed by atoms with E-state index < -0.39 is 0 Å². The van der Waals surface area contributed by atoms with Crippen molar-refractivity contribution in [2.24, 2.45) is 11.0 Å². The second-order valence-electron chi connectivity index (χ2n) is 8.42. The maximum absolute atomic E-state index is 12.7. The largest absolute Gasteiger partial charge is 0.365 e. The van der Waals surface area contributed by atoms with Crippen LogP contribution in [0, 0.1) is 5.92 Å². The second kappa shape index (κ2) is 11.9. The fourth-order valence-electron chi connectivity index (χ4n) is 4.09. The molecule has 0 radical (unpaired) electrons. The first-order valence-electron chi connectivity index (χ1n) is 11.2. The fourth-order valence-corrected chi connectivity index (χ4v) is 4.09. The number of nitrogens with one attached hydrogen (secondary N) is 1. The Hall–Kier alpha value is -1.84. The first-order valence-corrected chi connectivity index (χ1v) is 11.2. The molecular weight excluding hydrogens is 346 g/mol. The number of unbranched alkanes of at least 4 members (excludes halogenated alkanes) is 3. The predicted octanol–water partition coefficient (Wildman–Crippen LogP) is 5.73. The van der Waals surface area contributed by atoms with Crippen molar-refractivity contribution in [1.82, 2.24) is 10.3 Å². The first kappa shape index (κ1) is 22.4. The first-order chi connectivity index (χ1) is 13.5. The van der Waals surface area contributed by atoms with Crippen molar-refractivity contribution in [3.8, 4) is 0 Å². The van der Waals surface area contributed by atoms with E-state index in [1.54, 1.807) is 0 Å². The molecule has 0 bridgehead atoms. The molecule has 0 fully saturated rings. The zero-order valence-corrected chi connectivity index (χ0v) is 18.2. The van der Waals surface area contributed by atoms with Crippen molar-refractivity contribution in [3.63, 3.8) is 0 Å². The van der Waals surface area contributed by atoms with E-state index in [0.717, 1.165) is 50.8 Å². The van der Waals surface area contributed by atoms with Gasteiger partial charge in [-0.25, -0.2) is 5.43 Å². The van der Waals surface area contributed by atoms with Crippen LogP contribution in [0.3, 0.4) is 0 Å². The van der Waals surface area contributed by atoms with Gasteiger partial charge in [0.05, 0.1) is 6.21 Å². The maximum atomic E-state index is 12.7. The van der Waals surface area contributed by atoms with Crippen LogP contribution in [0.1, 0.15) is 85.0 Å². The zero-order valence-electron chi connectivity index (χ0n) is 18.2. The van der Waals surface area contributed by atoms with Crippen molar-refractivity contribution in [2.75, 3.05) is 6.54 Å². The normalized spacial score (nSPS) is 21.2. The lowest BCUT2D eigenvalue weighted by molar-refractivity contribution is -0.119. The van der Waals surface area contributed by atoms with Crippen molar-refractivity contribution in [3.05, 3.63) is 35.6 Å². The SMILES string of the molecule is C=C(C)C1CC=C(/C=N\NC(=O)C2=CCCCN2C(C)CCCCCC)CC1. The molecule has 28 heavy (non-hydrogen) atoms. The van der Waals surface area contributed by atoms with Gasteiger partial charge in [0, 0.05) is 12.6 Å². The highest BCUT2D eigenvalue weighted by molar-refractivity contribution is 5.93. The molecular formula is C24H39N3O. The monoisotopic (exact) mass is 385 g/mol. The Morgan fingerprint density at radius 3 is 2.89 bits per heavy atom. The summed E-state index contributed by atoms with van der Waals surface area (Å²) in [5.74, 6) is 0.513. The van der Waals surface area contributed by atoms with Crippen LogP contribution in [0.2, 0.25) is 0 Å². The third-order valence-corrected chi connectivity index (χ3v) is 6.03. The van der Waals surface area contributed by atoms with E-state index in [1.165, 1.54) is 36.8 Å². The standard InChI is InChI=1S/C24H39N3O/c1-5-6-7-8-11-20(4)27-17-10-9-12-23(27)24(28)26-25-18-21-13-15-22(16-14-21)19(2)3/h12-13,18,20,22H,2,5-11,14-17H2,1,3-4H3,(H,26,28)/b25-18-. The van der Waals surface area contributed by atoms with Gasteiger partial charge in [-0.2, -0.15) is 5.10 Å². The third-order valence-electron chi connectivity index (χ3n) is 6.03. The van der Waals surface area contributed by atoms with Crippen LogP contribution in [-0.2, 0) is 4.79 Å². The molecule has 1 N–H and O–H groups in total. The highest BCUT2D eigenvalue weighted by Gasteiger charge is 2.24. The molecule has 0 saturated carbocycles. The molecule has 4 heteroatoms. The van der Waals surface area contributed by atoms with E-state index in [1.807, 2.05) is 6.21 Å². The summed E-state index contributed by atoms with van der Waals surface area (Å²) in [5, 5.41) is 4.24. The van der Waals surface area contributed by atoms with Crippen LogP contribution in [-0.4, -0.2) is 29.6 Å². The number of hydrogen-bond donors (Lipinski definition) is 1. The lowest BCUT2D eigenvalue weighted by atomic mass is 9.86. The minimum Gasteiger partial charge on any atom is -0.365 e. The van der Waals surface area contributed by atoms with Gasteiger partial charge in [0.25, 0.3) is 5.91 Å². The van der Waals surface area contributed by atoms with Gasteiger partial charge in [0.15, 0.2) is 0 Å². The summed E-state index contributed by atoms with van der Waals surface area (Å²) in [4.78, 5) is 15.0. The van der Waals surface area contributed by atoms with E-state index in [0.29, 0.717) is 12.0 Å². The van der Waals surface area contributed by atoms with Gasteiger partial charge in [0.2, 0.25) is 0 Å². The molecule has 2 unspecified atom stereocenters. The van der Waals surface area contributed by atoms with E-state index in [9.17, 15) is 4.79 Å². The minimum atomic E-state index is -0.0763. The quantitative estimate of drug-likeness (QED) is 0.226. The summed E-state index contributed by atoms with van der Waals surface area (Å²) in [5.41, 5.74) is 6.02. The number of rotatable bonds is 10. The summed E-state index contributed by atoms with van der Waals surface area (Å²) in [6.07, 6.45) is 17.6. The Kier molecular flexibility index (Phi) is 9.52. The van der Waals surface area contributed by atoms with Crippen LogP contribution in [0.25, 0.3) is 0 Å². The van der Waals surface area contributed by atoms with Gasteiger partial charge < -0.3 is 4.90 Å². The fraction of sp³-hybridized carbons (Fsp3) is 0.667. The Labute approximate surface area is 171 Å². The number of carbonyl (C=O) groups is 1. The van der Waals surface area contributed by atoms with Crippen LogP contribution >= 0.6 is 0 Å². The van der Waals surface area contributed by atoms with Gasteiger partial charge in [-0.05, 0) is 63.9 Å². The second-order valence-corrected chi connectivity index (χ2v) is 8.42. The predicted molar refractivity (Wildman–Crippen MR) is 119 cm³/mol. The Morgan fingerprint density at radius 2 is 2.21 bits per heavy atom. The highest BCUT2D eigenvalue weighted by Crippen LogP contribution is 2.27. The Balaban J connectivity index is 1.85. The van der Waals surface area contributed by atoms with Crippen LogP contribution in [0.4, 0.5) is 0 Å². The van der Waals surface area contributed by atoms with E-state index in [-0.39, 0.29) is 5.91 Å². The number of nitrogens with zero attached hydrogens (tertiary/aromatic N) is 2. The molecule has 0 aromatic heterocycles. The van der Waals surface area contributed by atoms with Gasteiger partial charge in [-0.3, -0.25) is 4.79 Å². The molecule has 0 spiro atoms. The van der Waals surface area contributed by atoms with Gasteiger partial charge in [-0.15, -0.1) is 0 Å². The average Bonchev–Trinajstić information content (AvgIpc) is 2.71.